The van der Waals surface area contributed by atoms with Crippen molar-refractivity contribution < 1.29 is 14.7 Å². The molecule has 4 aliphatic carbocycles. The van der Waals surface area contributed by atoms with E-state index in [-0.39, 0.29) is 22.9 Å². The van der Waals surface area contributed by atoms with E-state index in [1.807, 2.05) is 0 Å². The average molecular weight is 330 g/mol. The van der Waals surface area contributed by atoms with E-state index in [1.54, 1.807) is 0 Å². The van der Waals surface area contributed by atoms with Gasteiger partial charge in [0.2, 0.25) is 0 Å². The SMILES string of the molecule is CC[C@@]1(O)CC[C@H]2[C@@H]3CCC4C(=O)C=CC(=O)[C@]4(C)[C@H]3CC[C@@]21C. The molecule has 0 bridgehead atoms. The lowest BCUT2D eigenvalue weighted by Crippen LogP contribution is -2.59. The molecule has 0 radical (unpaired) electrons. The Morgan fingerprint density at radius 3 is 2.46 bits per heavy atom. The van der Waals surface area contributed by atoms with Crippen molar-refractivity contribution in [1.29, 1.82) is 0 Å². The van der Waals surface area contributed by atoms with E-state index in [2.05, 4.69) is 20.8 Å². The van der Waals surface area contributed by atoms with Crippen molar-refractivity contribution in [1.82, 2.24) is 0 Å². The van der Waals surface area contributed by atoms with Gasteiger partial charge in [-0.15, -0.1) is 0 Å². The number of carbonyl (C=O) groups is 2. The Balaban J connectivity index is 1.72. The number of fused-ring (bicyclic) bond motifs is 5. The highest BCUT2D eigenvalue weighted by molar-refractivity contribution is 6.09. The van der Waals surface area contributed by atoms with E-state index in [0.29, 0.717) is 17.8 Å². The lowest BCUT2D eigenvalue weighted by atomic mass is 9.44. The summed E-state index contributed by atoms with van der Waals surface area (Å²) in [5.74, 6) is 1.47. The number of carbonyl (C=O) groups excluding carboxylic acids is 2. The minimum Gasteiger partial charge on any atom is -0.389 e. The monoisotopic (exact) mass is 330 g/mol. The minimum absolute atomic E-state index is 0.0241. The van der Waals surface area contributed by atoms with Gasteiger partial charge < -0.3 is 5.11 Å². The molecule has 7 atom stereocenters. The lowest BCUT2D eigenvalue weighted by molar-refractivity contribution is -0.164. The van der Waals surface area contributed by atoms with Crippen molar-refractivity contribution in [2.75, 3.05) is 0 Å². The van der Waals surface area contributed by atoms with Gasteiger partial charge in [0.05, 0.1) is 5.60 Å². The molecule has 4 rings (SSSR count). The number of hydrogen-bond donors (Lipinski definition) is 1. The Hall–Kier alpha value is -0.960. The molecule has 1 N–H and O–H groups in total. The Labute approximate surface area is 144 Å². The molecule has 0 spiro atoms. The highest BCUT2D eigenvalue weighted by atomic mass is 16.3. The molecule has 0 aromatic heterocycles. The second kappa shape index (κ2) is 5.03. The third kappa shape index (κ3) is 1.77. The Morgan fingerprint density at radius 1 is 1.04 bits per heavy atom. The highest BCUT2D eigenvalue weighted by Crippen LogP contribution is 2.67. The maximum atomic E-state index is 12.8. The first-order chi connectivity index (χ1) is 11.3. The first kappa shape index (κ1) is 16.5. The van der Waals surface area contributed by atoms with E-state index in [0.717, 1.165) is 44.9 Å². The van der Waals surface area contributed by atoms with E-state index in [9.17, 15) is 14.7 Å². The van der Waals surface area contributed by atoms with Crippen LogP contribution in [-0.2, 0) is 9.59 Å². The van der Waals surface area contributed by atoms with Crippen LogP contribution in [0.5, 0.6) is 0 Å². The van der Waals surface area contributed by atoms with Crippen LogP contribution in [0.2, 0.25) is 0 Å². The molecular weight excluding hydrogens is 300 g/mol. The van der Waals surface area contributed by atoms with Crippen LogP contribution >= 0.6 is 0 Å². The summed E-state index contributed by atoms with van der Waals surface area (Å²) in [7, 11) is 0. The predicted octanol–water partition coefficient (Wildman–Crippen LogP) is 3.69. The number of ketones is 2. The molecule has 3 saturated carbocycles. The van der Waals surface area contributed by atoms with Crippen LogP contribution in [0, 0.1) is 34.5 Å². The third-order valence-electron chi connectivity index (χ3n) is 8.90. The molecule has 4 aliphatic rings. The minimum atomic E-state index is -0.549. The molecule has 3 fully saturated rings. The fourth-order valence-electron chi connectivity index (χ4n) is 7.29. The quantitative estimate of drug-likeness (QED) is 0.797. The van der Waals surface area contributed by atoms with Crippen molar-refractivity contribution in [3.63, 3.8) is 0 Å². The summed E-state index contributed by atoms with van der Waals surface area (Å²) < 4.78 is 0. The molecule has 0 aromatic carbocycles. The Bertz CT molecular complexity index is 623. The summed E-state index contributed by atoms with van der Waals surface area (Å²) >= 11 is 0. The topological polar surface area (TPSA) is 54.4 Å². The summed E-state index contributed by atoms with van der Waals surface area (Å²) in [6.07, 6.45) is 9.65. The molecule has 132 valence electrons. The number of rotatable bonds is 1. The van der Waals surface area contributed by atoms with Crippen LogP contribution < -0.4 is 0 Å². The average Bonchev–Trinajstić information content (AvgIpc) is 2.84. The van der Waals surface area contributed by atoms with Gasteiger partial charge in [-0.05, 0) is 80.3 Å². The van der Waals surface area contributed by atoms with Gasteiger partial charge >= 0.3 is 0 Å². The normalized spacial score (nSPS) is 53.5. The van der Waals surface area contributed by atoms with Crippen LogP contribution in [0.4, 0.5) is 0 Å². The Kier molecular flexibility index (Phi) is 3.46. The molecule has 0 saturated heterocycles. The molecule has 0 aliphatic heterocycles. The summed E-state index contributed by atoms with van der Waals surface area (Å²) in [4.78, 5) is 25.2. The van der Waals surface area contributed by atoms with Crippen LogP contribution in [0.25, 0.3) is 0 Å². The van der Waals surface area contributed by atoms with Crippen LogP contribution in [-0.4, -0.2) is 22.3 Å². The summed E-state index contributed by atoms with van der Waals surface area (Å²) in [5.41, 5.74) is -1.08. The fraction of sp³-hybridized carbons (Fsp3) is 0.810. The molecular formula is C21H30O3. The summed E-state index contributed by atoms with van der Waals surface area (Å²) in [6, 6.07) is 0. The van der Waals surface area contributed by atoms with Gasteiger partial charge in [0.1, 0.15) is 0 Å². The van der Waals surface area contributed by atoms with Gasteiger partial charge in [-0.3, -0.25) is 9.59 Å². The zero-order valence-corrected chi connectivity index (χ0v) is 15.2. The lowest BCUT2D eigenvalue weighted by Gasteiger charge is -2.59. The second-order valence-electron chi connectivity index (χ2n) is 9.27. The molecule has 1 unspecified atom stereocenters. The van der Waals surface area contributed by atoms with Gasteiger partial charge in [0.25, 0.3) is 0 Å². The van der Waals surface area contributed by atoms with E-state index in [1.165, 1.54) is 12.2 Å². The van der Waals surface area contributed by atoms with Crippen molar-refractivity contribution in [2.24, 2.45) is 34.5 Å². The van der Waals surface area contributed by atoms with Crippen molar-refractivity contribution in [3.8, 4) is 0 Å². The van der Waals surface area contributed by atoms with Crippen molar-refractivity contribution in [2.45, 2.75) is 71.3 Å². The second-order valence-corrected chi connectivity index (χ2v) is 9.27. The largest absolute Gasteiger partial charge is 0.389 e. The summed E-state index contributed by atoms with van der Waals surface area (Å²) in [5, 5.41) is 11.2. The fourth-order valence-corrected chi connectivity index (χ4v) is 7.29. The first-order valence-electron chi connectivity index (χ1n) is 9.76. The van der Waals surface area contributed by atoms with Gasteiger partial charge in [-0.25, -0.2) is 0 Å². The molecule has 24 heavy (non-hydrogen) atoms. The van der Waals surface area contributed by atoms with Crippen LogP contribution in [0.15, 0.2) is 12.2 Å². The number of allylic oxidation sites excluding steroid dienone is 2. The standard InChI is InChI=1S/C21H30O3/c1-4-21(24)12-10-14-13-5-6-16-17(22)7-8-18(23)20(16,3)15(13)9-11-19(14,21)2/h7-8,13-16,24H,4-6,9-12H2,1-3H3/t13-,14-,15-,16?,19-,20+,21+/m0/s1. The molecule has 0 aromatic rings. The number of aliphatic hydroxyl groups is 1. The zero-order chi connectivity index (χ0) is 17.3. The molecule has 3 nitrogen and oxygen atoms in total. The van der Waals surface area contributed by atoms with E-state index in [4.69, 9.17) is 0 Å². The maximum Gasteiger partial charge on any atom is 0.162 e. The molecule has 0 heterocycles. The van der Waals surface area contributed by atoms with E-state index < -0.39 is 11.0 Å². The third-order valence-corrected chi connectivity index (χ3v) is 8.90. The Morgan fingerprint density at radius 2 is 1.75 bits per heavy atom. The number of hydrogen-bond acceptors (Lipinski definition) is 3. The molecule has 0 amide bonds. The van der Waals surface area contributed by atoms with Crippen LogP contribution in [0.3, 0.4) is 0 Å². The smallest absolute Gasteiger partial charge is 0.162 e. The van der Waals surface area contributed by atoms with Gasteiger partial charge in [0, 0.05) is 11.3 Å². The predicted molar refractivity (Wildman–Crippen MR) is 92.3 cm³/mol. The van der Waals surface area contributed by atoms with Gasteiger partial charge in [-0.2, -0.15) is 0 Å². The van der Waals surface area contributed by atoms with Gasteiger partial charge in [0.15, 0.2) is 11.6 Å². The van der Waals surface area contributed by atoms with E-state index >= 15 is 0 Å². The van der Waals surface area contributed by atoms with Gasteiger partial charge in [-0.1, -0.05) is 20.8 Å². The van der Waals surface area contributed by atoms with Crippen molar-refractivity contribution >= 4 is 11.6 Å². The first-order valence-corrected chi connectivity index (χ1v) is 9.76. The van der Waals surface area contributed by atoms with Crippen LogP contribution in [0.1, 0.15) is 65.7 Å². The maximum absolute atomic E-state index is 12.8. The summed E-state index contributed by atoms with van der Waals surface area (Å²) in [6.45, 7) is 6.44. The van der Waals surface area contributed by atoms with Crippen molar-refractivity contribution in [3.05, 3.63) is 12.2 Å². The molecule has 3 heteroatoms. The zero-order valence-electron chi connectivity index (χ0n) is 15.2. The highest BCUT2D eigenvalue weighted by Gasteiger charge is 2.65.